The van der Waals surface area contributed by atoms with Gasteiger partial charge in [0.1, 0.15) is 11.6 Å². The largest absolute Gasteiger partial charge is 0.494 e. The summed E-state index contributed by atoms with van der Waals surface area (Å²) in [6.45, 7) is 7.70. The van der Waals surface area contributed by atoms with Crippen molar-refractivity contribution in [3.8, 4) is 11.1 Å². The third-order valence-corrected chi connectivity index (χ3v) is 8.41. The molecule has 0 bridgehead atoms. The van der Waals surface area contributed by atoms with E-state index in [0.717, 1.165) is 6.07 Å². The highest BCUT2D eigenvalue weighted by molar-refractivity contribution is 7.91. The van der Waals surface area contributed by atoms with Gasteiger partial charge in [0.25, 0.3) is 0 Å². The minimum absolute atomic E-state index is 0.138. The molecule has 1 saturated heterocycles. The zero-order valence-corrected chi connectivity index (χ0v) is 18.4. The van der Waals surface area contributed by atoms with Gasteiger partial charge in [0.2, 0.25) is 0 Å². The SMILES string of the molecule is CC1(C)OB(c2cc(CS(=O)(=O)C3CC3)cc(-c3ccc(F)cc3F)c2)OC1(C)C. The van der Waals surface area contributed by atoms with Crippen LogP contribution in [-0.4, -0.2) is 32.0 Å². The van der Waals surface area contributed by atoms with Gasteiger partial charge in [-0.25, -0.2) is 17.2 Å². The smallest absolute Gasteiger partial charge is 0.399 e. The predicted molar refractivity (Wildman–Crippen MR) is 113 cm³/mol. The van der Waals surface area contributed by atoms with Crippen molar-refractivity contribution in [2.75, 3.05) is 0 Å². The van der Waals surface area contributed by atoms with Crippen LogP contribution in [0.25, 0.3) is 11.1 Å². The monoisotopic (exact) mass is 434 g/mol. The molecule has 2 aromatic rings. The van der Waals surface area contributed by atoms with Crippen molar-refractivity contribution in [3.63, 3.8) is 0 Å². The Kier molecular flexibility index (Phi) is 5.11. The van der Waals surface area contributed by atoms with Crippen LogP contribution in [0, 0.1) is 11.6 Å². The van der Waals surface area contributed by atoms with E-state index < -0.39 is 39.8 Å². The number of hydrogen-bond donors (Lipinski definition) is 0. The molecule has 1 aliphatic heterocycles. The second-order valence-corrected chi connectivity index (χ2v) is 11.5. The maximum Gasteiger partial charge on any atom is 0.494 e. The van der Waals surface area contributed by atoms with E-state index in [4.69, 9.17) is 9.31 Å². The minimum atomic E-state index is -3.28. The molecule has 0 amide bonds. The zero-order chi connectivity index (χ0) is 21.9. The van der Waals surface area contributed by atoms with Gasteiger partial charge in [-0.3, -0.25) is 0 Å². The highest BCUT2D eigenvalue weighted by Gasteiger charge is 2.51. The third kappa shape index (κ3) is 4.05. The number of halogens is 2. The van der Waals surface area contributed by atoms with E-state index in [0.29, 0.717) is 29.4 Å². The lowest BCUT2D eigenvalue weighted by atomic mass is 9.77. The predicted octanol–water partition coefficient (Wildman–Crippen LogP) is 4.01. The maximum absolute atomic E-state index is 14.5. The molecule has 2 aliphatic rings. The maximum atomic E-state index is 14.5. The summed E-state index contributed by atoms with van der Waals surface area (Å²) in [5, 5.41) is -0.302. The van der Waals surface area contributed by atoms with E-state index in [-0.39, 0.29) is 16.6 Å². The first-order chi connectivity index (χ1) is 13.9. The Bertz CT molecular complexity index is 1080. The average molecular weight is 434 g/mol. The first-order valence-electron chi connectivity index (χ1n) is 10.0. The fourth-order valence-corrected chi connectivity index (χ4v) is 5.29. The molecule has 8 heteroatoms. The molecule has 1 heterocycles. The van der Waals surface area contributed by atoms with Crippen LogP contribution in [0.2, 0.25) is 0 Å². The van der Waals surface area contributed by atoms with Gasteiger partial charge in [0, 0.05) is 11.6 Å². The Morgan fingerprint density at radius 2 is 1.63 bits per heavy atom. The summed E-state index contributed by atoms with van der Waals surface area (Å²) in [7, 11) is -4.00. The summed E-state index contributed by atoms with van der Waals surface area (Å²) >= 11 is 0. The minimum Gasteiger partial charge on any atom is -0.399 e. The molecule has 0 unspecified atom stereocenters. The van der Waals surface area contributed by atoms with Gasteiger partial charge in [-0.05, 0) is 69.3 Å². The molecule has 4 rings (SSSR count). The molecule has 0 radical (unpaired) electrons. The van der Waals surface area contributed by atoms with Crippen LogP contribution in [0.5, 0.6) is 0 Å². The molecule has 160 valence electrons. The van der Waals surface area contributed by atoms with E-state index in [1.165, 1.54) is 12.1 Å². The number of hydrogen-bond acceptors (Lipinski definition) is 4. The quantitative estimate of drug-likeness (QED) is 0.668. The lowest BCUT2D eigenvalue weighted by Crippen LogP contribution is -2.41. The molecule has 1 aliphatic carbocycles. The Morgan fingerprint density at radius 1 is 1.00 bits per heavy atom. The zero-order valence-electron chi connectivity index (χ0n) is 17.5. The molecule has 2 aromatic carbocycles. The molecule has 2 fully saturated rings. The summed E-state index contributed by atoms with van der Waals surface area (Å²) in [6.07, 6.45) is 1.36. The average Bonchev–Trinajstić information content (AvgIpc) is 3.42. The second kappa shape index (κ2) is 7.14. The van der Waals surface area contributed by atoms with Crippen LogP contribution >= 0.6 is 0 Å². The van der Waals surface area contributed by atoms with E-state index in [2.05, 4.69) is 0 Å². The fourth-order valence-electron chi connectivity index (χ4n) is 3.57. The highest BCUT2D eigenvalue weighted by Crippen LogP contribution is 2.37. The van der Waals surface area contributed by atoms with E-state index >= 15 is 0 Å². The Morgan fingerprint density at radius 3 is 2.20 bits per heavy atom. The summed E-state index contributed by atoms with van der Waals surface area (Å²) in [5.41, 5.74) is 0.647. The van der Waals surface area contributed by atoms with Gasteiger partial charge >= 0.3 is 7.12 Å². The number of rotatable bonds is 5. The molecule has 4 nitrogen and oxygen atoms in total. The van der Waals surface area contributed by atoms with Gasteiger partial charge in [0.15, 0.2) is 9.84 Å². The first kappa shape index (κ1) is 21.5. The third-order valence-electron chi connectivity index (χ3n) is 6.18. The highest BCUT2D eigenvalue weighted by atomic mass is 32.2. The van der Waals surface area contributed by atoms with Crippen LogP contribution in [-0.2, 0) is 24.9 Å². The second-order valence-electron chi connectivity index (χ2n) is 9.18. The molecular weight excluding hydrogens is 409 g/mol. The summed E-state index contributed by atoms with van der Waals surface area (Å²) in [4.78, 5) is 0. The van der Waals surface area contributed by atoms with Gasteiger partial charge < -0.3 is 9.31 Å². The van der Waals surface area contributed by atoms with E-state index in [1.807, 2.05) is 27.7 Å². The van der Waals surface area contributed by atoms with Crippen molar-refractivity contribution in [3.05, 3.63) is 53.6 Å². The molecule has 0 spiro atoms. The standard InChI is InChI=1S/C22H25BF2O4S/c1-21(2)22(3,4)29-23(28-21)16-10-14(13-30(26,27)18-6-7-18)9-15(11-16)19-8-5-17(24)12-20(19)25/h5,8-12,18H,6-7,13H2,1-4H3. The fraction of sp³-hybridized carbons (Fsp3) is 0.455. The lowest BCUT2D eigenvalue weighted by Gasteiger charge is -2.32. The molecule has 0 atom stereocenters. The van der Waals surface area contributed by atoms with Gasteiger partial charge in [-0.1, -0.05) is 18.2 Å². The molecule has 30 heavy (non-hydrogen) atoms. The Balaban J connectivity index is 1.78. The number of sulfone groups is 1. The van der Waals surface area contributed by atoms with Crippen LogP contribution in [0.1, 0.15) is 46.1 Å². The van der Waals surface area contributed by atoms with Gasteiger partial charge in [-0.2, -0.15) is 0 Å². The van der Waals surface area contributed by atoms with Crippen molar-refractivity contribution >= 4 is 22.4 Å². The van der Waals surface area contributed by atoms with Crippen LogP contribution < -0.4 is 5.46 Å². The van der Waals surface area contributed by atoms with Gasteiger partial charge in [-0.15, -0.1) is 0 Å². The Labute approximate surface area is 176 Å². The van der Waals surface area contributed by atoms with Crippen LogP contribution in [0.3, 0.4) is 0 Å². The van der Waals surface area contributed by atoms with Crippen molar-refractivity contribution in [2.24, 2.45) is 0 Å². The normalized spacial score (nSPS) is 20.5. The Hall–Kier alpha value is -1.77. The first-order valence-corrected chi connectivity index (χ1v) is 11.8. The molecule has 0 N–H and O–H groups in total. The van der Waals surface area contributed by atoms with Crippen molar-refractivity contribution in [1.29, 1.82) is 0 Å². The van der Waals surface area contributed by atoms with Crippen LogP contribution in [0.4, 0.5) is 8.78 Å². The molecular formula is C22H25BF2O4S. The van der Waals surface area contributed by atoms with E-state index in [1.54, 1.807) is 18.2 Å². The van der Waals surface area contributed by atoms with Crippen molar-refractivity contribution in [2.45, 2.75) is 62.7 Å². The van der Waals surface area contributed by atoms with E-state index in [9.17, 15) is 17.2 Å². The topological polar surface area (TPSA) is 52.6 Å². The lowest BCUT2D eigenvalue weighted by molar-refractivity contribution is 0.00578. The molecule has 0 aromatic heterocycles. The van der Waals surface area contributed by atoms with Crippen molar-refractivity contribution in [1.82, 2.24) is 0 Å². The summed E-state index contributed by atoms with van der Waals surface area (Å²) in [5.74, 6) is -1.52. The summed E-state index contributed by atoms with van der Waals surface area (Å²) < 4.78 is 65.2. The van der Waals surface area contributed by atoms with Gasteiger partial charge in [0.05, 0.1) is 22.2 Å². The van der Waals surface area contributed by atoms with Crippen molar-refractivity contribution < 1.29 is 26.5 Å². The van der Waals surface area contributed by atoms with Crippen LogP contribution in [0.15, 0.2) is 36.4 Å². The molecule has 1 saturated carbocycles. The summed E-state index contributed by atoms with van der Waals surface area (Å²) in [6, 6.07) is 8.45. The number of benzene rings is 2.